The van der Waals surface area contributed by atoms with Gasteiger partial charge in [0.05, 0.1) is 34.4 Å². The zero-order valence-corrected chi connectivity index (χ0v) is 39.8. The summed E-state index contributed by atoms with van der Waals surface area (Å²) in [5.74, 6) is 0.0297. The van der Waals surface area contributed by atoms with Crippen molar-refractivity contribution in [2.24, 2.45) is 0 Å². The van der Waals surface area contributed by atoms with Gasteiger partial charge in [0.15, 0.2) is 18.9 Å². The van der Waals surface area contributed by atoms with Crippen molar-refractivity contribution in [2.45, 2.75) is 78.3 Å². The van der Waals surface area contributed by atoms with E-state index in [1.165, 1.54) is 12.2 Å². The van der Waals surface area contributed by atoms with E-state index in [0.717, 1.165) is 47.0 Å². The molecule has 8 N–H and O–H groups in total. The maximum absolute atomic E-state index is 10.8. The molecule has 0 saturated carbocycles. The smallest absolute Gasteiger partial charge is 0.153 e. The average Bonchev–Trinajstić information content (AvgIpc) is 3.28. The summed E-state index contributed by atoms with van der Waals surface area (Å²) >= 11 is 6.29. The second-order valence-corrected chi connectivity index (χ2v) is 14.9. The summed E-state index contributed by atoms with van der Waals surface area (Å²) in [4.78, 5) is 31.9. The highest BCUT2D eigenvalue weighted by molar-refractivity contribution is 9.11. The van der Waals surface area contributed by atoms with Gasteiger partial charge in [0.2, 0.25) is 0 Å². The molecular weight excluding hydrogens is 923 g/mol. The summed E-state index contributed by atoms with van der Waals surface area (Å²) < 4.78 is 1.26. The van der Waals surface area contributed by atoms with Gasteiger partial charge in [-0.25, -0.2) is 0 Å². The number of rotatable bonds is 19. The molecule has 0 radical (unpaired) electrons. The Bertz CT molecular complexity index is 1690. The molecule has 3 rings (SSSR count). The fourth-order valence-electron chi connectivity index (χ4n) is 4.41. The Kier molecular flexibility index (Phi) is 46.2. The molecule has 14 heteroatoms. The largest absolute Gasteiger partial charge is 0.507 e. The van der Waals surface area contributed by atoms with Crippen LogP contribution in [0.4, 0.5) is 0 Å². The number of aryl methyl sites for hydroxylation is 2. The van der Waals surface area contributed by atoms with Gasteiger partial charge in [0.1, 0.15) is 24.0 Å². The second-order valence-electron chi connectivity index (χ2n) is 13.1. The molecule has 0 saturated heterocycles. The van der Waals surface area contributed by atoms with Gasteiger partial charge in [-0.2, -0.15) is 0 Å². The van der Waals surface area contributed by atoms with E-state index in [4.69, 9.17) is 25.5 Å². The van der Waals surface area contributed by atoms with Crippen LogP contribution in [0.1, 0.15) is 85.9 Å². The van der Waals surface area contributed by atoms with Crippen LogP contribution < -0.4 is 0 Å². The number of allylic oxidation sites excluding steroid dienone is 3. The third kappa shape index (κ3) is 33.3. The van der Waals surface area contributed by atoms with Crippen molar-refractivity contribution in [2.75, 3.05) is 33.0 Å². The number of halogens is 2. The van der Waals surface area contributed by atoms with Gasteiger partial charge in [-0.1, -0.05) is 85.3 Å². The van der Waals surface area contributed by atoms with Crippen molar-refractivity contribution in [1.82, 2.24) is 0 Å². The van der Waals surface area contributed by atoms with Crippen LogP contribution in [0.15, 0.2) is 109 Å². The summed E-state index contributed by atoms with van der Waals surface area (Å²) in [6.45, 7) is 25.0. The summed E-state index contributed by atoms with van der Waals surface area (Å²) in [7, 11) is 0. The third-order valence-electron chi connectivity index (χ3n) is 7.45. The topological polar surface area (TPSA) is 213 Å². The fourth-order valence-corrected chi connectivity index (χ4v) is 5.67. The van der Waals surface area contributed by atoms with Crippen LogP contribution in [0.5, 0.6) is 17.2 Å². The van der Waals surface area contributed by atoms with Gasteiger partial charge in [-0.15, -0.1) is 32.9 Å². The molecule has 3 aromatic carbocycles. The number of carbonyl (C=O) groups is 3. The van der Waals surface area contributed by atoms with Gasteiger partial charge in [0.25, 0.3) is 0 Å². The Morgan fingerprint density at radius 1 is 0.548 bits per heavy atom. The average molecular weight is 993 g/mol. The van der Waals surface area contributed by atoms with Crippen molar-refractivity contribution in [1.29, 1.82) is 0 Å². The van der Waals surface area contributed by atoms with E-state index >= 15 is 0 Å². The molecule has 0 bridgehead atoms. The normalized spacial score (nSPS) is 9.13. The number of phenols is 3. The van der Waals surface area contributed by atoms with Crippen molar-refractivity contribution in [3.63, 3.8) is 0 Å². The number of carbonyl (C=O) groups excluding carboxylic acids is 3. The van der Waals surface area contributed by atoms with Crippen molar-refractivity contribution in [3.8, 4) is 17.2 Å². The van der Waals surface area contributed by atoms with E-state index in [9.17, 15) is 29.7 Å². The molecule has 62 heavy (non-hydrogen) atoms. The van der Waals surface area contributed by atoms with Gasteiger partial charge in [-0.05, 0) is 114 Å². The van der Waals surface area contributed by atoms with Crippen LogP contribution >= 0.6 is 31.9 Å². The molecule has 0 spiro atoms. The molecule has 0 aliphatic heterocycles. The summed E-state index contributed by atoms with van der Waals surface area (Å²) in [5, 5.41) is 70.1. The lowest BCUT2D eigenvalue weighted by Gasteiger charge is -2.09. The molecule has 3 aromatic rings. The van der Waals surface area contributed by atoms with Crippen molar-refractivity contribution in [3.05, 3.63) is 148 Å². The maximum atomic E-state index is 10.8. The number of hydrogen-bond acceptors (Lipinski definition) is 11. The third-order valence-corrected chi connectivity index (χ3v) is 8.52. The standard InChI is InChI=1S/C13H18O4.C13H14O2.C7H4Br2O2.C5H13BO.C4H8.2C3H6O/c14-5-1-3-10-7-11(4-2-6-15)13(17)12(8-10)9-16;1-3-5-10-7-11(6-4-2)13(15)12(8-10)9-14;8-5-1-4(3-10)7(11)6(9)2-5;1-6(2)4-3-5-7;1-3-4-2;2*1-2-3-4/h7-9,14-15,17H,1-6H2;3-4,7-9,15H,1-2,5-6H2;1-3,11H;7H,3-5H2,1-2H3;3H,1,4H2,2H3;2*2,4H,1,3H2. The fraction of sp³-hybridized carbons (Fsp3) is 0.354. The Morgan fingerprint density at radius 3 is 1.35 bits per heavy atom. The molecule has 0 fully saturated rings. The molecular formula is C48H69BBr2O11. The summed E-state index contributed by atoms with van der Waals surface area (Å²) in [5.41, 5.74) is 4.17. The number of phenolic OH excluding ortho intramolecular Hbond substituents is 3. The van der Waals surface area contributed by atoms with Gasteiger partial charge in [-0.3, -0.25) is 14.4 Å². The first-order valence-corrected chi connectivity index (χ1v) is 21.5. The van der Waals surface area contributed by atoms with E-state index in [1.807, 2.05) is 18.2 Å². The predicted molar refractivity (Wildman–Crippen MR) is 264 cm³/mol. The molecule has 0 aliphatic rings. The van der Waals surface area contributed by atoms with Gasteiger partial charge >= 0.3 is 0 Å². The lowest BCUT2D eigenvalue weighted by Crippen LogP contribution is -1.99. The molecule has 0 amide bonds. The van der Waals surface area contributed by atoms with E-state index in [-0.39, 0.29) is 54.8 Å². The van der Waals surface area contributed by atoms with Crippen LogP contribution in [-0.2, 0) is 25.7 Å². The molecule has 0 aliphatic carbocycles. The Hall–Kier alpha value is -4.41. The number of aldehydes is 3. The highest BCUT2D eigenvalue weighted by Gasteiger charge is 2.10. The number of benzene rings is 3. The van der Waals surface area contributed by atoms with E-state index in [1.54, 1.807) is 36.4 Å². The molecule has 0 heterocycles. The zero-order valence-electron chi connectivity index (χ0n) is 36.7. The number of aromatic hydroxyl groups is 3. The predicted octanol–water partition coefficient (Wildman–Crippen LogP) is 9.48. The Morgan fingerprint density at radius 2 is 0.968 bits per heavy atom. The maximum Gasteiger partial charge on any atom is 0.153 e. The van der Waals surface area contributed by atoms with Crippen LogP contribution in [0.25, 0.3) is 0 Å². The molecule has 0 aromatic heterocycles. The first-order valence-electron chi connectivity index (χ1n) is 19.9. The van der Waals surface area contributed by atoms with Crippen molar-refractivity contribution >= 4 is 57.4 Å². The van der Waals surface area contributed by atoms with Gasteiger partial charge in [0, 0.05) is 24.3 Å². The monoisotopic (exact) mass is 990 g/mol. The van der Waals surface area contributed by atoms with Gasteiger partial charge < -0.3 is 40.9 Å². The molecule has 11 nitrogen and oxygen atoms in total. The van der Waals surface area contributed by atoms with E-state index in [2.05, 4.69) is 85.3 Å². The summed E-state index contributed by atoms with van der Waals surface area (Å²) in [6, 6.07) is 10.2. The first kappa shape index (κ1) is 64.2. The lowest BCUT2D eigenvalue weighted by molar-refractivity contribution is 0.111. The second kappa shape index (κ2) is 44.6. The minimum absolute atomic E-state index is 0.00111. The molecule has 344 valence electrons. The van der Waals surface area contributed by atoms with E-state index in [0.29, 0.717) is 79.6 Å². The van der Waals surface area contributed by atoms with Crippen LogP contribution in [0.3, 0.4) is 0 Å². The zero-order chi connectivity index (χ0) is 48.3. The SMILES string of the molecule is C=CCC.C=CCO.C=CCO.C=CCc1cc(C=O)c(O)c(CC=C)c1.CB(C)CCCO.O=Cc1cc(Br)cc(Br)c1O.O=Cc1cc(CCCO)cc(CCCO)c1O. The van der Waals surface area contributed by atoms with Crippen LogP contribution in [-0.4, -0.2) is 99.5 Å². The van der Waals surface area contributed by atoms with Crippen LogP contribution in [0, 0.1) is 0 Å². The van der Waals surface area contributed by atoms with Crippen molar-refractivity contribution < 1.29 is 55.2 Å². The highest BCUT2D eigenvalue weighted by atomic mass is 79.9. The number of aliphatic hydroxyl groups excluding tert-OH is 5. The molecule has 0 unspecified atom stereocenters. The summed E-state index contributed by atoms with van der Waals surface area (Å²) in [6.07, 6.45) is 16.9. The number of hydrogen-bond donors (Lipinski definition) is 8. The minimum Gasteiger partial charge on any atom is -0.507 e. The van der Waals surface area contributed by atoms with Crippen LogP contribution in [0.2, 0.25) is 20.0 Å². The first-order chi connectivity index (χ1) is 29.6. The lowest BCUT2D eigenvalue weighted by atomic mass is 9.52. The quantitative estimate of drug-likeness (QED) is 0.0322. The minimum atomic E-state index is -0.0248. The Labute approximate surface area is 386 Å². The number of aliphatic hydroxyl groups is 5. The van der Waals surface area contributed by atoms with E-state index < -0.39 is 0 Å². The highest BCUT2D eigenvalue weighted by Crippen LogP contribution is 2.30. The molecule has 0 atom stereocenters. The Balaban J connectivity index is -0.000000341.